The Bertz CT molecular complexity index is 719. The second-order valence-electron chi connectivity index (χ2n) is 8.68. The van der Waals surface area contributed by atoms with Crippen LogP contribution < -0.4 is 14.8 Å². The highest BCUT2D eigenvalue weighted by Gasteiger charge is 2.42. The highest BCUT2D eigenvalue weighted by molar-refractivity contribution is 5.84. The highest BCUT2D eigenvalue weighted by atomic mass is 16.6. The molecule has 1 aromatic rings. The van der Waals surface area contributed by atoms with Crippen LogP contribution in [0.15, 0.2) is 18.2 Å². The maximum absolute atomic E-state index is 12.6. The smallest absolute Gasteiger partial charge is 0.410 e. The molecule has 29 heavy (non-hydrogen) atoms. The van der Waals surface area contributed by atoms with Gasteiger partial charge < -0.3 is 24.1 Å². The molecule has 0 saturated heterocycles. The van der Waals surface area contributed by atoms with Gasteiger partial charge in [0.2, 0.25) is 5.72 Å². The summed E-state index contributed by atoms with van der Waals surface area (Å²) in [5.41, 5.74) is -3.12. The second-order valence-corrected chi connectivity index (χ2v) is 8.68. The molecule has 0 fully saturated rings. The number of aliphatic hydroxyl groups is 1. The number of esters is 1. The fraction of sp³-hybridized carbons (Fsp3) is 0.619. The van der Waals surface area contributed by atoms with Crippen LogP contribution in [0, 0.1) is 0 Å². The summed E-state index contributed by atoms with van der Waals surface area (Å²) in [6.45, 7) is 10.1. The van der Waals surface area contributed by atoms with Crippen LogP contribution in [0.2, 0.25) is 0 Å². The third-order valence-electron chi connectivity index (χ3n) is 3.67. The number of hydrogen-bond acceptors (Lipinski definition) is 7. The van der Waals surface area contributed by atoms with Crippen LogP contribution in [0.3, 0.4) is 0 Å². The van der Waals surface area contributed by atoms with E-state index >= 15 is 0 Å². The van der Waals surface area contributed by atoms with Crippen LogP contribution in [0.1, 0.15) is 53.5 Å². The summed E-state index contributed by atoms with van der Waals surface area (Å²) in [6, 6.07) is 5.24. The Morgan fingerprint density at radius 3 is 1.97 bits per heavy atom. The SMILES string of the molecule is COc1ccc(CCC(O)(NC(=O)OC(C)(C)C)C(=O)OC(C)(C)C)cc1OC. The van der Waals surface area contributed by atoms with Crippen molar-refractivity contribution in [2.24, 2.45) is 0 Å². The molecular weight excluding hydrogens is 378 g/mol. The number of carbonyl (C=O) groups is 2. The lowest BCUT2D eigenvalue weighted by Crippen LogP contribution is -2.57. The van der Waals surface area contributed by atoms with Gasteiger partial charge in [-0.2, -0.15) is 0 Å². The summed E-state index contributed by atoms with van der Waals surface area (Å²) in [4.78, 5) is 24.8. The van der Waals surface area contributed by atoms with Crippen molar-refractivity contribution in [1.29, 1.82) is 0 Å². The molecule has 0 aliphatic carbocycles. The van der Waals surface area contributed by atoms with E-state index in [1.54, 1.807) is 59.7 Å². The Hall–Kier alpha value is -2.48. The van der Waals surface area contributed by atoms with E-state index in [4.69, 9.17) is 18.9 Å². The number of rotatable bonds is 7. The van der Waals surface area contributed by atoms with Gasteiger partial charge in [0, 0.05) is 6.42 Å². The summed E-state index contributed by atoms with van der Waals surface area (Å²) < 4.78 is 21.0. The van der Waals surface area contributed by atoms with Gasteiger partial charge in [0.1, 0.15) is 11.2 Å². The molecule has 1 atom stereocenters. The minimum Gasteiger partial charge on any atom is -0.493 e. The molecule has 0 aromatic heterocycles. The third-order valence-corrected chi connectivity index (χ3v) is 3.67. The van der Waals surface area contributed by atoms with Gasteiger partial charge in [0.15, 0.2) is 11.5 Å². The number of nitrogens with one attached hydrogen (secondary N) is 1. The molecular formula is C21H33NO7. The van der Waals surface area contributed by atoms with E-state index in [1.165, 1.54) is 14.2 Å². The molecule has 1 unspecified atom stereocenters. The summed E-state index contributed by atoms with van der Waals surface area (Å²) in [5.74, 6) is 0.118. The minimum atomic E-state index is -2.26. The first kappa shape index (κ1) is 24.6. The van der Waals surface area contributed by atoms with E-state index in [-0.39, 0.29) is 12.8 Å². The zero-order valence-corrected chi connectivity index (χ0v) is 18.5. The molecule has 0 aliphatic rings. The molecule has 0 heterocycles. The van der Waals surface area contributed by atoms with Crippen LogP contribution in [-0.4, -0.2) is 48.3 Å². The molecule has 164 valence electrons. The summed E-state index contributed by atoms with van der Waals surface area (Å²) in [7, 11) is 3.05. The van der Waals surface area contributed by atoms with Crippen molar-refractivity contribution in [2.75, 3.05) is 14.2 Å². The van der Waals surface area contributed by atoms with Gasteiger partial charge in [0.05, 0.1) is 14.2 Å². The Labute approximate surface area is 172 Å². The summed E-state index contributed by atoms with van der Waals surface area (Å²) in [5, 5.41) is 13.2. The largest absolute Gasteiger partial charge is 0.493 e. The van der Waals surface area contributed by atoms with Crippen LogP contribution >= 0.6 is 0 Å². The van der Waals surface area contributed by atoms with E-state index in [0.717, 1.165) is 5.56 Å². The third kappa shape index (κ3) is 8.19. The monoisotopic (exact) mass is 411 g/mol. The minimum absolute atomic E-state index is 0.128. The van der Waals surface area contributed by atoms with Crippen molar-refractivity contribution in [1.82, 2.24) is 5.32 Å². The number of methoxy groups -OCH3 is 2. The predicted octanol–water partition coefficient (Wildman–Crippen LogP) is 3.19. The first-order valence-corrected chi connectivity index (χ1v) is 9.37. The van der Waals surface area contributed by atoms with Gasteiger partial charge in [-0.1, -0.05) is 6.07 Å². The molecule has 1 amide bonds. The average Bonchev–Trinajstić information content (AvgIpc) is 2.56. The van der Waals surface area contributed by atoms with Crippen LogP contribution in [0.4, 0.5) is 4.79 Å². The number of alkyl carbamates (subject to hydrolysis) is 1. The fourth-order valence-corrected chi connectivity index (χ4v) is 2.41. The number of amides is 1. The van der Waals surface area contributed by atoms with Crippen LogP contribution in [0.5, 0.6) is 11.5 Å². The topological polar surface area (TPSA) is 103 Å². The highest BCUT2D eigenvalue weighted by Crippen LogP contribution is 2.29. The molecule has 0 aliphatic heterocycles. The predicted molar refractivity (Wildman–Crippen MR) is 108 cm³/mol. The molecule has 0 spiro atoms. The molecule has 1 rings (SSSR count). The van der Waals surface area contributed by atoms with Gasteiger partial charge in [-0.25, -0.2) is 9.59 Å². The van der Waals surface area contributed by atoms with Gasteiger partial charge >= 0.3 is 12.1 Å². The number of ether oxygens (including phenoxy) is 4. The van der Waals surface area contributed by atoms with Crippen molar-refractivity contribution in [3.63, 3.8) is 0 Å². The van der Waals surface area contributed by atoms with Crippen LogP contribution in [0.25, 0.3) is 0 Å². The molecule has 8 heteroatoms. The lowest BCUT2D eigenvalue weighted by atomic mass is 10.0. The molecule has 8 nitrogen and oxygen atoms in total. The second kappa shape index (κ2) is 9.35. The van der Waals surface area contributed by atoms with E-state index in [9.17, 15) is 14.7 Å². The van der Waals surface area contributed by atoms with E-state index in [0.29, 0.717) is 11.5 Å². The summed E-state index contributed by atoms with van der Waals surface area (Å²) in [6.07, 6.45) is -0.791. The Morgan fingerprint density at radius 1 is 0.931 bits per heavy atom. The van der Waals surface area contributed by atoms with Crippen molar-refractivity contribution in [2.45, 2.75) is 71.3 Å². The molecule has 1 aromatic carbocycles. The zero-order chi connectivity index (χ0) is 22.5. The number of carbonyl (C=O) groups excluding carboxylic acids is 2. The lowest BCUT2D eigenvalue weighted by molar-refractivity contribution is -0.181. The van der Waals surface area contributed by atoms with Gasteiger partial charge in [-0.05, 0) is 65.7 Å². The molecule has 0 bridgehead atoms. The van der Waals surface area contributed by atoms with Crippen molar-refractivity contribution in [3.05, 3.63) is 23.8 Å². The van der Waals surface area contributed by atoms with E-state index in [2.05, 4.69) is 5.32 Å². The molecule has 2 N–H and O–H groups in total. The number of aryl methyl sites for hydroxylation is 1. The van der Waals surface area contributed by atoms with Gasteiger partial charge in [-0.15, -0.1) is 0 Å². The maximum atomic E-state index is 12.6. The fourth-order valence-electron chi connectivity index (χ4n) is 2.41. The maximum Gasteiger partial charge on any atom is 0.410 e. The standard InChI is InChI=1S/C21H33NO7/c1-19(2,3)28-17(23)21(25,22-18(24)29-20(4,5)6)12-11-14-9-10-15(26-7)16(13-14)27-8/h9-10,13,25H,11-12H2,1-8H3,(H,22,24). The van der Waals surface area contributed by atoms with E-state index < -0.39 is 29.0 Å². The Kier molecular flexibility index (Phi) is 7.91. The van der Waals surface area contributed by atoms with Crippen molar-refractivity contribution >= 4 is 12.1 Å². The first-order chi connectivity index (χ1) is 13.2. The first-order valence-electron chi connectivity index (χ1n) is 9.37. The van der Waals surface area contributed by atoms with Crippen LogP contribution in [-0.2, 0) is 20.7 Å². The average molecular weight is 411 g/mol. The lowest BCUT2D eigenvalue weighted by Gasteiger charge is -2.31. The summed E-state index contributed by atoms with van der Waals surface area (Å²) >= 11 is 0. The van der Waals surface area contributed by atoms with Crippen molar-refractivity contribution < 1.29 is 33.6 Å². The van der Waals surface area contributed by atoms with E-state index in [1.807, 2.05) is 0 Å². The molecule has 0 radical (unpaired) electrons. The van der Waals surface area contributed by atoms with Gasteiger partial charge in [0.25, 0.3) is 0 Å². The Balaban J connectivity index is 3.05. The Morgan fingerprint density at radius 2 is 1.48 bits per heavy atom. The quantitative estimate of drug-likeness (QED) is 0.524. The number of benzene rings is 1. The zero-order valence-electron chi connectivity index (χ0n) is 18.5. The normalized spacial score (nSPS) is 13.8. The van der Waals surface area contributed by atoms with Crippen molar-refractivity contribution in [3.8, 4) is 11.5 Å². The van der Waals surface area contributed by atoms with Gasteiger partial charge in [-0.3, -0.25) is 5.32 Å². The molecule has 0 saturated carbocycles. The number of hydrogen-bond donors (Lipinski definition) is 2.